The van der Waals surface area contributed by atoms with Crippen molar-refractivity contribution in [1.82, 2.24) is 10.5 Å². The summed E-state index contributed by atoms with van der Waals surface area (Å²) in [6.45, 7) is 0.369. The lowest BCUT2D eigenvalue weighted by molar-refractivity contribution is -0.224. The summed E-state index contributed by atoms with van der Waals surface area (Å²) >= 11 is 0. The van der Waals surface area contributed by atoms with Crippen molar-refractivity contribution in [1.29, 1.82) is 5.26 Å². The molecule has 1 aromatic rings. The molecule has 0 saturated carbocycles. The highest BCUT2D eigenvalue weighted by atomic mass is 16.7. The van der Waals surface area contributed by atoms with Crippen LogP contribution in [-0.2, 0) is 16.2 Å². The lowest BCUT2D eigenvalue weighted by Gasteiger charge is -2.35. The molecule has 1 fully saturated rings. The fourth-order valence-corrected chi connectivity index (χ4v) is 2.29. The van der Waals surface area contributed by atoms with E-state index in [0.717, 1.165) is 5.56 Å². The molecule has 112 valence electrons. The first-order valence-electron chi connectivity index (χ1n) is 6.64. The van der Waals surface area contributed by atoms with Gasteiger partial charge in [0.2, 0.25) is 0 Å². The molecule has 0 bridgehead atoms. The van der Waals surface area contributed by atoms with Gasteiger partial charge in [0.25, 0.3) is 5.91 Å². The first-order valence-corrected chi connectivity index (χ1v) is 6.64. The van der Waals surface area contributed by atoms with Gasteiger partial charge in [-0.1, -0.05) is 12.1 Å². The number of nitriles is 1. The van der Waals surface area contributed by atoms with Gasteiger partial charge in [-0.05, 0) is 30.5 Å². The van der Waals surface area contributed by atoms with E-state index in [1.54, 1.807) is 23.7 Å². The van der Waals surface area contributed by atoms with Gasteiger partial charge in [-0.15, -0.1) is 0 Å². The van der Waals surface area contributed by atoms with E-state index in [0.29, 0.717) is 18.4 Å². The molecule has 1 aliphatic rings. The van der Waals surface area contributed by atoms with Gasteiger partial charge in [-0.2, -0.15) is 10.3 Å². The number of amides is 1. The van der Waals surface area contributed by atoms with Crippen molar-refractivity contribution >= 4 is 5.91 Å². The predicted octanol–water partition coefficient (Wildman–Crippen LogP) is 0.321. The number of hydroxylamine groups is 3. The third kappa shape index (κ3) is 4.00. The average Bonchev–Trinajstić information content (AvgIpc) is 2.52. The number of carbonyl (C=O) groups excluding carboxylic acids is 1. The first-order chi connectivity index (χ1) is 10.1. The molecule has 1 heterocycles. The smallest absolute Gasteiger partial charge is 0.263 e. The number of carbonyl (C=O) groups is 1. The zero-order valence-electron chi connectivity index (χ0n) is 11.4. The molecule has 0 aromatic heterocycles. The van der Waals surface area contributed by atoms with Gasteiger partial charge in [0.1, 0.15) is 6.04 Å². The molecule has 1 aliphatic heterocycles. The molecule has 0 aliphatic carbocycles. The van der Waals surface area contributed by atoms with Crippen molar-refractivity contribution in [3.8, 4) is 6.07 Å². The van der Waals surface area contributed by atoms with E-state index in [1.807, 2.05) is 12.1 Å². The topological polar surface area (TPSA) is 106 Å². The van der Waals surface area contributed by atoms with E-state index in [-0.39, 0.29) is 13.2 Å². The summed E-state index contributed by atoms with van der Waals surface area (Å²) in [7, 11) is 0. The number of piperidine rings is 1. The molecular weight excluding hydrogens is 274 g/mol. The maximum Gasteiger partial charge on any atom is 0.263 e. The van der Waals surface area contributed by atoms with Crippen LogP contribution in [0.25, 0.3) is 0 Å². The van der Waals surface area contributed by atoms with E-state index < -0.39 is 18.1 Å². The standard InChI is InChI=1S/C14H17N3O4/c15-7-10-2-1-3-11(6-10)9-21-17-8-12(18)4-5-13(17)14(19)16-20/h1-3,6,12-13,18,20H,4-5,8-9H2,(H,16,19)/t12-,13-/m1/s1. The predicted molar refractivity (Wildman–Crippen MR) is 71.6 cm³/mol. The summed E-state index contributed by atoms with van der Waals surface area (Å²) in [5, 5.41) is 28.6. The van der Waals surface area contributed by atoms with Crippen LogP contribution in [0.1, 0.15) is 24.0 Å². The minimum Gasteiger partial charge on any atom is -0.392 e. The third-order valence-electron chi connectivity index (χ3n) is 3.38. The fraction of sp³-hybridized carbons (Fsp3) is 0.429. The number of aliphatic hydroxyl groups is 1. The Balaban J connectivity index is 2.01. The maximum atomic E-state index is 11.6. The van der Waals surface area contributed by atoms with E-state index >= 15 is 0 Å². The summed E-state index contributed by atoms with van der Waals surface area (Å²) < 4.78 is 0. The molecule has 1 amide bonds. The van der Waals surface area contributed by atoms with Crippen LogP contribution in [0.3, 0.4) is 0 Å². The molecule has 7 heteroatoms. The molecule has 2 rings (SSSR count). The number of β-amino-alcohol motifs (C(OH)–C–C–N with tert-alkyl or cyclic N) is 1. The largest absolute Gasteiger partial charge is 0.392 e. The van der Waals surface area contributed by atoms with Crippen LogP contribution in [0.2, 0.25) is 0 Å². The highest BCUT2D eigenvalue weighted by Crippen LogP contribution is 2.19. The normalized spacial score (nSPS) is 22.5. The summed E-state index contributed by atoms with van der Waals surface area (Å²) in [4.78, 5) is 17.2. The summed E-state index contributed by atoms with van der Waals surface area (Å²) in [5.41, 5.74) is 2.93. The zero-order chi connectivity index (χ0) is 15.2. The molecule has 21 heavy (non-hydrogen) atoms. The molecule has 1 aromatic carbocycles. The Morgan fingerprint density at radius 2 is 2.33 bits per heavy atom. The van der Waals surface area contributed by atoms with Crippen molar-refractivity contribution in [2.24, 2.45) is 0 Å². The SMILES string of the molecule is N#Cc1cccc(CON2C[C@H](O)CC[C@@H]2C(=O)NO)c1. The van der Waals surface area contributed by atoms with Gasteiger partial charge in [0.05, 0.1) is 30.9 Å². The average molecular weight is 291 g/mol. The number of hydrogen-bond acceptors (Lipinski definition) is 6. The monoisotopic (exact) mass is 291 g/mol. The fourth-order valence-electron chi connectivity index (χ4n) is 2.29. The Morgan fingerprint density at radius 1 is 1.52 bits per heavy atom. The Hall–Kier alpha value is -1.98. The number of aliphatic hydroxyl groups excluding tert-OH is 1. The van der Waals surface area contributed by atoms with Gasteiger partial charge >= 0.3 is 0 Å². The van der Waals surface area contributed by atoms with E-state index in [1.165, 1.54) is 5.06 Å². The number of hydrogen-bond donors (Lipinski definition) is 3. The molecule has 7 nitrogen and oxygen atoms in total. The van der Waals surface area contributed by atoms with Crippen LogP contribution in [0.4, 0.5) is 0 Å². The minimum atomic E-state index is -0.641. The molecule has 0 spiro atoms. The summed E-state index contributed by atoms with van der Waals surface area (Å²) in [5.74, 6) is -0.562. The van der Waals surface area contributed by atoms with Crippen molar-refractivity contribution < 1.29 is 19.9 Å². The minimum absolute atomic E-state index is 0.178. The first kappa shape index (κ1) is 15.4. The van der Waals surface area contributed by atoms with Gasteiger partial charge < -0.3 is 5.11 Å². The number of rotatable bonds is 4. The van der Waals surface area contributed by atoms with Gasteiger partial charge in [-0.25, -0.2) is 5.48 Å². The van der Waals surface area contributed by atoms with Gasteiger partial charge in [0, 0.05) is 0 Å². The number of nitrogens with one attached hydrogen (secondary N) is 1. The third-order valence-corrected chi connectivity index (χ3v) is 3.38. The second-order valence-corrected chi connectivity index (χ2v) is 4.91. The van der Waals surface area contributed by atoms with Gasteiger partial charge in [-0.3, -0.25) is 14.8 Å². The van der Waals surface area contributed by atoms with Crippen LogP contribution < -0.4 is 5.48 Å². The molecule has 0 unspecified atom stereocenters. The van der Waals surface area contributed by atoms with Crippen LogP contribution in [0.15, 0.2) is 24.3 Å². The lowest BCUT2D eigenvalue weighted by atomic mass is 10.0. The second-order valence-electron chi connectivity index (χ2n) is 4.91. The molecule has 1 saturated heterocycles. The Morgan fingerprint density at radius 3 is 3.05 bits per heavy atom. The zero-order valence-corrected chi connectivity index (χ0v) is 11.4. The van der Waals surface area contributed by atoms with Crippen LogP contribution >= 0.6 is 0 Å². The number of nitrogens with zero attached hydrogens (tertiary/aromatic N) is 2. The maximum absolute atomic E-state index is 11.6. The molecule has 2 atom stereocenters. The quantitative estimate of drug-likeness (QED) is 0.545. The van der Waals surface area contributed by atoms with Crippen molar-refractivity contribution in [2.45, 2.75) is 31.6 Å². The Kier molecular flexibility index (Phi) is 5.25. The van der Waals surface area contributed by atoms with Gasteiger partial charge in [0.15, 0.2) is 0 Å². The Labute approximate surface area is 122 Å². The molecule has 0 radical (unpaired) electrons. The highest BCUT2D eigenvalue weighted by Gasteiger charge is 2.33. The summed E-state index contributed by atoms with van der Waals surface area (Å²) in [6.07, 6.45) is 0.298. The number of benzene rings is 1. The van der Waals surface area contributed by atoms with Crippen LogP contribution in [0.5, 0.6) is 0 Å². The summed E-state index contributed by atoms with van der Waals surface area (Å²) in [6, 6.07) is 8.35. The van der Waals surface area contributed by atoms with E-state index in [9.17, 15) is 9.90 Å². The Bertz CT molecular complexity index is 543. The second kappa shape index (κ2) is 7.15. The highest BCUT2D eigenvalue weighted by molar-refractivity contribution is 5.80. The van der Waals surface area contributed by atoms with E-state index in [4.69, 9.17) is 15.3 Å². The van der Waals surface area contributed by atoms with Crippen LogP contribution in [0, 0.1) is 11.3 Å². The van der Waals surface area contributed by atoms with Crippen molar-refractivity contribution in [2.75, 3.05) is 6.54 Å². The van der Waals surface area contributed by atoms with Crippen molar-refractivity contribution in [3.05, 3.63) is 35.4 Å². The van der Waals surface area contributed by atoms with E-state index in [2.05, 4.69) is 0 Å². The van der Waals surface area contributed by atoms with Crippen molar-refractivity contribution in [3.63, 3.8) is 0 Å². The lowest BCUT2D eigenvalue weighted by Crippen LogP contribution is -2.52. The molecule has 3 N–H and O–H groups in total. The van der Waals surface area contributed by atoms with Crippen LogP contribution in [-0.4, -0.2) is 40.0 Å². The molecular formula is C14H17N3O4.